The molecule has 1 aromatic rings. The van der Waals surface area contributed by atoms with Crippen LogP contribution in [0.2, 0.25) is 5.02 Å². The van der Waals surface area contributed by atoms with E-state index in [9.17, 15) is 21.6 Å². The fourth-order valence-corrected chi connectivity index (χ4v) is 3.39. The Kier molecular flexibility index (Phi) is 4.70. The number of sulfonamides is 1. The van der Waals surface area contributed by atoms with Crippen molar-refractivity contribution in [1.82, 2.24) is 4.31 Å². The zero-order valence-corrected chi connectivity index (χ0v) is 11.5. The molecule has 0 saturated carbocycles. The summed E-state index contributed by atoms with van der Waals surface area (Å²) in [6.07, 6.45) is -4.62. The summed E-state index contributed by atoms with van der Waals surface area (Å²) in [4.78, 5) is -0.394. The maximum absolute atomic E-state index is 12.3. The Morgan fingerprint density at radius 3 is 2.37 bits per heavy atom. The molecule has 0 aliphatic heterocycles. The van der Waals surface area contributed by atoms with E-state index in [4.69, 9.17) is 17.3 Å². The monoisotopic (exact) mass is 316 g/mol. The Hall–Kier alpha value is -0.990. The molecule has 9 heteroatoms. The highest BCUT2D eigenvalue weighted by atomic mass is 35.5. The fraction of sp³-hybridized carbons (Fsp3) is 0.400. The van der Waals surface area contributed by atoms with Crippen molar-refractivity contribution in [2.24, 2.45) is 0 Å². The lowest BCUT2D eigenvalue weighted by Gasteiger charge is -2.22. The number of hydrogen-bond donors (Lipinski definition) is 1. The van der Waals surface area contributed by atoms with E-state index >= 15 is 0 Å². The number of alkyl halides is 3. The van der Waals surface area contributed by atoms with E-state index in [0.29, 0.717) is 4.31 Å². The third-order valence-electron chi connectivity index (χ3n) is 2.28. The van der Waals surface area contributed by atoms with Crippen LogP contribution in [0.1, 0.15) is 6.92 Å². The van der Waals surface area contributed by atoms with Crippen LogP contribution in [0.3, 0.4) is 0 Å². The average molecular weight is 317 g/mol. The highest BCUT2D eigenvalue weighted by Gasteiger charge is 2.36. The Bertz CT molecular complexity index is 560. The maximum Gasteiger partial charge on any atom is 0.402 e. The normalized spacial score (nSPS) is 12.9. The van der Waals surface area contributed by atoms with Crippen LogP contribution in [0, 0.1) is 0 Å². The smallest absolute Gasteiger partial charge is 0.399 e. The molecular weight excluding hydrogens is 305 g/mol. The first-order valence-corrected chi connectivity index (χ1v) is 7.01. The molecule has 1 rings (SSSR count). The third-order valence-corrected chi connectivity index (χ3v) is 4.69. The van der Waals surface area contributed by atoms with Gasteiger partial charge >= 0.3 is 6.18 Å². The van der Waals surface area contributed by atoms with Gasteiger partial charge in [-0.2, -0.15) is 17.5 Å². The van der Waals surface area contributed by atoms with Crippen LogP contribution in [0.4, 0.5) is 18.9 Å². The van der Waals surface area contributed by atoms with Crippen molar-refractivity contribution in [3.05, 3.63) is 23.2 Å². The molecular formula is C10H12ClF3N2O2S. The summed E-state index contributed by atoms with van der Waals surface area (Å²) in [6.45, 7) is -0.566. The molecule has 0 amide bonds. The fourth-order valence-electron chi connectivity index (χ4n) is 1.43. The van der Waals surface area contributed by atoms with Crippen molar-refractivity contribution in [2.45, 2.75) is 18.0 Å². The van der Waals surface area contributed by atoms with Gasteiger partial charge in [0.2, 0.25) is 10.0 Å². The first kappa shape index (κ1) is 16.1. The molecule has 1 aromatic carbocycles. The summed E-state index contributed by atoms with van der Waals surface area (Å²) >= 11 is 5.72. The Balaban J connectivity index is 3.21. The Morgan fingerprint density at radius 1 is 1.37 bits per heavy atom. The van der Waals surface area contributed by atoms with Crippen LogP contribution in [-0.4, -0.2) is 32.0 Å². The number of hydrogen-bond acceptors (Lipinski definition) is 3. The highest BCUT2D eigenvalue weighted by molar-refractivity contribution is 7.89. The largest absolute Gasteiger partial charge is 0.402 e. The van der Waals surface area contributed by atoms with E-state index in [2.05, 4.69) is 0 Å². The van der Waals surface area contributed by atoms with Crippen molar-refractivity contribution in [3.8, 4) is 0 Å². The van der Waals surface area contributed by atoms with Crippen molar-refractivity contribution >= 4 is 27.3 Å². The number of benzene rings is 1. The lowest BCUT2D eigenvalue weighted by Crippen LogP contribution is -2.38. The lowest BCUT2D eigenvalue weighted by atomic mass is 10.3. The third kappa shape index (κ3) is 3.99. The highest BCUT2D eigenvalue weighted by Crippen LogP contribution is 2.28. The van der Waals surface area contributed by atoms with E-state index in [1.165, 1.54) is 19.1 Å². The van der Waals surface area contributed by atoms with Crippen LogP contribution >= 0.6 is 11.6 Å². The molecule has 0 aliphatic rings. The number of nitrogens with two attached hydrogens (primary N) is 1. The van der Waals surface area contributed by atoms with Gasteiger partial charge in [0.1, 0.15) is 11.4 Å². The predicted molar refractivity (Wildman–Crippen MR) is 66.4 cm³/mol. The number of nitrogen functional groups attached to an aromatic ring is 1. The van der Waals surface area contributed by atoms with Crippen molar-refractivity contribution in [1.29, 1.82) is 0 Å². The minimum atomic E-state index is -4.62. The minimum Gasteiger partial charge on any atom is -0.399 e. The molecule has 0 unspecified atom stereocenters. The van der Waals surface area contributed by atoms with Gasteiger partial charge in [0, 0.05) is 12.2 Å². The molecule has 19 heavy (non-hydrogen) atoms. The van der Waals surface area contributed by atoms with E-state index in [1.807, 2.05) is 0 Å². The molecule has 0 heterocycles. The molecule has 0 bridgehead atoms. The zero-order chi connectivity index (χ0) is 14.8. The number of rotatable bonds is 4. The molecule has 0 radical (unpaired) electrons. The molecule has 4 nitrogen and oxygen atoms in total. The van der Waals surface area contributed by atoms with Crippen LogP contribution in [0.5, 0.6) is 0 Å². The summed E-state index contributed by atoms with van der Waals surface area (Å²) in [6, 6.07) is 3.53. The molecule has 0 aromatic heterocycles. The van der Waals surface area contributed by atoms with Gasteiger partial charge in [-0.15, -0.1) is 0 Å². The topological polar surface area (TPSA) is 63.4 Å². The summed E-state index contributed by atoms with van der Waals surface area (Å²) in [5.74, 6) is 0. The molecule has 0 spiro atoms. The SMILES string of the molecule is CCN(CC(F)(F)F)S(=O)(=O)c1ccc(N)cc1Cl. The van der Waals surface area contributed by atoms with Gasteiger partial charge in [0.25, 0.3) is 0 Å². The average Bonchev–Trinajstić information content (AvgIpc) is 2.23. The van der Waals surface area contributed by atoms with Gasteiger partial charge in [0.05, 0.1) is 5.02 Å². The minimum absolute atomic E-state index is 0.208. The predicted octanol–water partition coefficient (Wildman–Crippen LogP) is 2.50. The summed E-state index contributed by atoms with van der Waals surface area (Å²) in [5, 5.41) is -0.208. The summed E-state index contributed by atoms with van der Waals surface area (Å²) in [5.41, 5.74) is 5.63. The molecule has 0 atom stereocenters. The van der Waals surface area contributed by atoms with Crippen molar-refractivity contribution < 1.29 is 21.6 Å². The van der Waals surface area contributed by atoms with Gasteiger partial charge in [-0.3, -0.25) is 0 Å². The quantitative estimate of drug-likeness (QED) is 0.868. The van der Waals surface area contributed by atoms with Crippen molar-refractivity contribution in [2.75, 3.05) is 18.8 Å². The Morgan fingerprint density at radius 2 is 1.95 bits per heavy atom. The first-order valence-electron chi connectivity index (χ1n) is 5.20. The second kappa shape index (κ2) is 5.56. The van der Waals surface area contributed by atoms with Gasteiger partial charge < -0.3 is 5.73 Å². The zero-order valence-electron chi connectivity index (χ0n) is 9.91. The molecule has 0 aliphatic carbocycles. The molecule has 108 valence electrons. The summed E-state index contributed by atoms with van der Waals surface area (Å²) in [7, 11) is -4.31. The van der Waals surface area contributed by atoms with Gasteiger partial charge in [-0.1, -0.05) is 18.5 Å². The van der Waals surface area contributed by atoms with E-state index in [0.717, 1.165) is 6.07 Å². The second-order valence-corrected chi connectivity index (χ2v) is 6.05. The second-order valence-electron chi connectivity index (χ2n) is 3.74. The number of nitrogens with zero attached hydrogens (tertiary/aromatic N) is 1. The molecule has 0 saturated heterocycles. The number of anilines is 1. The molecule has 2 N–H and O–H groups in total. The Labute approximate surface area is 114 Å². The molecule has 0 fully saturated rings. The van der Waals surface area contributed by atoms with Crippen LogP contribution in [0.15, 0.2) is 23.1 Å². The number of halogens is 4. The lowest BCUT2D eigenvalue weighted by molar-refractivity contribution is -0.135. The van der Waals surface area contributed by atoms with Crippen LogP contribution in [0.25, 0.3) is 0 Å². The van der Waals surface area contributed by atoms with Gasteiger partial charge in [-0.05, 0) is 18.2 Å². The standard InChI is InChI=1S/C10H12ClF3N2O2S/c1-2-16(6-10(12,13)14)19(17,18)9-4-3-7(15)5-8(9)11/h3-5H,2,6,15H2,1H3. The van der Waals surface area contributed by atoms with Crippen molar-refractivity contribution in [3.63, 3.8) is 0 Å². The maximum atomic E-state index is 12.3. The van der Waals surface area contributed by atoms with E-state index in [-0.39, 0.29) is 17.3 Å². The first-order chi connectivity index (χ1) is 8.58. The van der Waals surface area contributed by atoms with Crippen LogP contribution < -0.4 is 5.73 Å². The van der Waals surface area contributed by atoms with Gasteiger partial charge in [0.15, 0.2) is 0 Å². The van der Waals surface area contributed by atoms with E-state index in [1.54, 1.807) is 0 Å². The van der Waals surface area contributed by atoms with E-state index < -0.39 is 27.6 Å². The van der Waals surface area contributed by atoms with Crippen LogP contribution in [-0.2, 0) is 10.0 Å². The summed E-state index contributed by atoms with van der Waals surface area (Å²) < 4.78 is 61.5. The van der Waals surface area contributed by atoms with Gasteiger partial charge in [-0.25, -0.2) is 8.42 Å².